The second-order valence-electron chi connectivity index (χ2n) is 9.38. The van der Waals surface area contributed by atoms with Gasteiger partial charge in [-0.1, -0.05) is 43.5 Å². The van der Waals surface area contributed by atoms with Gasteiger partial charge in [-0.05, 0) is 54.2 Å². The normalized spacial score (nSPS) is 14.6. The van der Waals surface area contributed by atoms with E-state index < -0.39 is 10.3 Å². The maximum absolute atomic E-state index is 13.4. The summed E-state index contributed by atoms with van der Waals surface area (Å²) in [4.78, 5) is 13.6. The van der Waals surface area contributed by atoms with Gasteiger partial charge in [-0.25, -0.2) is 14.5 Å². The first-order valence-electron chi connectivity index (χ1n) is 12.6. The maximum atomic E-state index is 13.4. The first-order valence-corrected chi connectivity index (χ1v) is 14.1. The Morgan fingerprint density at radius 3 is 2.47 bits per heavy atom. The van der Waals surface area contributed by atoms with E-state index in [2.05, 4.69) is 54.0 Å². The molecule has 2 aromatic heterocycles. The van der Waals surface area contributed by atoms with Gasteiger partial charge in [0.25, 0.3) is 0 Å². The van der Waals surface area contributed by atoms with Gasteiger partial charge < -0.3 is 15.2 Å². The molecule has 0 unspecified atom stereocenters. The number of hydrogen-bond acceptors (Lipinski definition) is 8. The zero-order valence-electron chi connectivity index (χ0n) is 20.8. The molecule has 0 radical (unpaired) electrons. The number of nitrogens with two attached hydrogens (primary N) is 1. The van der Waals surface area contributed by atoms with E-state index in [1.165, 1.54) is 56.1 Å². The lowest BCUT2D eigenvalue weighted by Gasteiger charge is -2.22. The number of rotatable bonds is 10. The Balaban J connectivity index is 1.37. The summed E-state index contributed by atoms with van der Waals surface area (Å²) >= 11 is 0. The van der Waals surface area contributed by atoms with Crippen LogP contribution in [0.4, 0.5) is 21.8 Å². The Morgan fingerprint density at radius 1 is 1.03 bits per heavy atom. The molecule has 1 saturated carbocycles. The zero-order chi connectivity index (χ0) is 26.5. The quantitative estimate of drug-likeness (QED) is 0.266. The molecule has 0 bridgehead atoms. The van der Waals surface area contributed by atoms with Crippen LogP contribution in [0.15, 0.2) is 54.9 Å². The van der Waals surface area contributed by atoms with E-state index in [0.29, 0.717) is 41.1 Å². The average Bonchev–Trinajstić information content (AvgIpc) is 3.32. The Hall–Kier alpha value is -3.61. The lowest BCUT2D eigenvalue weighted by Crippen LogP contribution is -2.18. The largest absolute Gasteiger partial charge is 0.350 e. The molecule has 1 aliphatic rings. The molecule has 2 heterocycles. The van der Waals surface area contributed by atoms with E-state index in [1.54, 1.807) is 16.7 Å². The summed E-state index contributed by atoms with van der Waals surface area (Å²) in [6.07, 6.45) is 7.96. The van der Waals surface area contributed by atoms with Crippen LogP contribution in [0, 0.1) is 5.82 Å². The number of nitrogens with zero attached hydrogens (tertiary/aromatic N) is 4. The Bertz CT molecular complexity index is 1490. The van der Waals surface area contributed by atoms with Gasteiger partial charge in [0.1, 0.15) is 5.82 Å². The molecule has 0 saturated heterocycles. The highest BCUT2D eigenvalue weighted by atomic mass is 32.2. The van der Waals surface area contributed by atoms with Gasteiger partial charge >= 0.3 is 10.3 Å². The lowest BCUT2D eigenvalue weighted by atomic mass is 9.84. The van der Waals surface area contributed by atoms with Crippen LogP contribution in [0.25, 0.3) is 11.2 Å². The van der Waals surface area contributed by atoms with Crippen molar-refractivity contribution in [2.45, 2.75) is 51.1 Å². The first kappa shape index (κ1) is 26.0. The van der Waals surface area contributed by atoms with Crippen LogP contribution >= 0.6 is 0 Å². The van der Waals surface area contributed by atoms with Crippen LogP contribution in [0.1, 0.15) is 49.1 Å². The van der Waals surface area contributed by atoms with Crippen molar-refractivity contribution in [3.05, 3.63) is 71.8 Å². The van der Waals surface area contributed by atoms with Crippen molar-refractivity contribution in [1.82, 2.24) is 19.5 Å². The highest BCUT2D eigenvalue weighted by Crippen LogP contribution is 2.32. The summed E-state index contributed by atoms with van der Waals surface area (Å²) in [6.45, 7) is 0.488. The molecule has 200 valence electrons. The standard InChI is InChI=1S/C26H30FN7O3S/c27-21-10-12-22(13-11-21)31-24-23-25(34(17-30-23)14-15-37-38(28,35)36)33-26(32-24)29-16-18-6-8-20(9-7-18)19-4-2-1-3-5-19/h6-13,17,19H,1-5,14-16H2,(H2,28,35,36)(H2,29,31,32,33). The van der Waals surface area contributed by atoms with Crippen molar-refractivity contribution in [1.29, 1.82) is 0 Å². The first-order chi connectivity index (χ1) is 18.3. The van der Waals surface area contributed by atoms with Gasteiger partial charge in [0.2, 0.25) is 5.95 Å². The van der Waals surface area contributed by atoms with Crippen molar-refractivity contribution in [2.24, 2.45) is 5.14 Å². The molecule has 4 N–H and O–H groups in total. The molecule has 38 heavy (non-hydrogen) atoms. The van der Waals surface area contributed by atoms with Crippen molar-refractivity contribution >= 4 is 38.9 Å². The number of halogens is 1. The van der Waals surface area contributed by atoms with E-state index in [1.807, 2.05) is 0 Å². The molecular weight excluding hydrogens is 509 g/mol. The minimum absolute atomic E-state index is 0.155. The van der Waals surface area contributed by atoms with Crippen LogP contribution in [0.5, 0.6) is 0 Å². The minimum atomic E-state index is -4.06. The number of aromatic nitrogens is 4. The van der Waals surface area contributed by atoms with E-state index in [9.17, 15) is 12.8 Å². The number of nitrogens with one attached hydrogen (secondary N) is 2. The summed E-state index contributed by atoms with van der Waals surface area (Å²) in [5.74, 6) is 1.07. The van der Waals surface area contributed by atoms with Gasteiger partial charge in [0.15, 0.2) is 17.0 Å². The van der Waals surface area contributed by atoms with Crippen molar-refractivity contribution in [2.75, 3.05) is 17.2 Å². The molecule has 0 spiro atoms. The molecule has 0 aliphatic heterocycles. The monoisotopic (exact) mass is 539 g/mol. The summed E-state index contributed by atoms with van der Waals surface area (Å²) in [7, 11) is -4.06. The summed E-state index contributed by atoms with van der Waals surface area (Å²) in [6, 6.07) is 14.6. The summed E-state index contributed by atoms with van der Waals surface area (Å²) < 4.78 is 42.0. The Labute approximate surface area is 220 Å². The lowest BCUT2D eigenvalue weighted by molar-refractivity contribution is 0.302. The van der Waals surface area contributed by atoms with Crippen LogP contribution in [-0.4, -0.2) is 34.5 Å². The Kier molecular flexibility index (Phi) is 7.82. The van der Waals surface area contributed by atoms with Crippen molar-refractivity contribution < 1.29 is 17.0 Å². The van der Waals surface area contributed by atoms with Crippen LogP contribution in [0.3, 0.4) is 0 Å². The number of anilines is 3. The summed E-state index contributed by atoms with van der Waals surface area (Å²) in [5, 5.41) is 11.4. The van der Waals surface area contributed by atoms with Gasteiger partial charge in [0.05, 0.1) is 19.5 Å². The number of hydrogen-bond donors (Lipinski definition) is 3. The fraction of sp³-hybridized carbons (Fsp3) is 0.346. The third-order valence-electron chi connectivity index (χ3n) is 6.66. The maximum Gasteiger partial charge on any atom is 0.333 e. The predicted octanol–water partition coefficient (Wildman–Crippen LogP) is 4.59. The van der Waals surface area contributed by atoms with Crippen molar-refractivity contribution in [3.8, 4) is 0 Å². The van der Waals surface area contributed by atoms with E-state index >= 15 is 0 Å². The van der Waals surface area contributed by atoms with Crippen molar-refractivity contribution in [3.63, 3.8) is 0 Å². The highest BCUT2D eigenvalue weighted by molar-refractivity contribution is 7.84. The smallest absolute Gasteiger partial charge is 0.333 e. The molecule has 0 amide bonds. The molecular formula is C26H30FN7O3S. The number of fused-ring (bicyclic) bond motifs is 1. The molecule has 2 aromatic carbocycles. The topological polar surface area (TPSA) is 137 Å². The van der Waals surface area contributed by atoms with E-state index in [0.717, 1.165) is 5.56 Å². The van der Waals surface area contributed by atoms with Crippen LogP contribution in [0.2, 0.25) is 0 Å². The SMILES string of the molecule is NS(=O)(=O)OCCn1cnc2c(Nc3ccc(F)cc3)nc(NCc3ccc(C4CCCCC4)cc3)nc21. The second kappa shape index (κ2) is 11.4. The molecule has 12 heteroatoms. The van der Waals surface area contributed by atoms with Gasteiger partial charge in [-0.3, -0.25) is 4.18 Å². The number of imidazole rings is 1. The third-order valence-corrected chi connectivity index (χ3v) is 7.15. The average molecular weight is 540 g/mol. The molecule has 1 fully saturated rings. The molecule has 1 aliphatic carbocycles. The predicted molar refractivity (Wildman–Crippen MR) is 144 cm³/mol. The zero-order valence-corrected chi connectivity index (χ0v) is 21.6. The second-order valence-corrected chi connectivity index (χ2v) is 10.6. The van der Waals surface area contributed by atoms with Gasteiger partial charge in [0, 0.05) is 12.2 Å². The summed E-state index contributed by atoms with van der Waals surface area (Å²) in [5.41, 5.74) is 4.05. The third kappa shape index (κ3) is 6.63. The molecule has 0 atom stereocenters. The fourth-order valence-electron chi connectivity index (χ4n) is 4.72. The highest BCUT2D eigenvalue weighted by Gasteiger charge is 2.16. The molecule has 5 rings (SSSR count). The van der Waals surface area contributed by atoms with Gasteiger partial charge in [-0.15, -0.1) is 0 Å². The number of benzene rings is 2. The Morgan fingerprint density at radius 2 is 1.76 bits per heavy atom. The van der Waals surface area contributed by atoms with Crippen LogP contribution < -0.4 is 15.8 Å². The molecule has 4 aromatic rings. The molecule has 10 nitrogen and oxygen atoms in total. The van der Waals surface area contributed by atoms with Crippen LogP contribution in [-0.2, 0) is 27.6 Å². The fourth-order valence-corrected chi connectivity index (χ4v) is 5.03. The minimum Gasteiger partial charge on any atom is -0.350 e. The van der Waals surface area contributed by atoms with E-state index in [-0.39, 0.29) is 19.0 Å². The van der Waals surface area contributed by atoms with Gasteiger partial charge in [-0.2, -0.15) is 18.4 Å². The van der Waals surface area contributed by atoms with E-state index in [4.69, 9.17) is 5.14 Å².